The van der Waals surface area contributed by atoms with E-state index >= 15 is 0 Å². The number of nitrogens with zero attached hydrogens (tertiary/aromatic N) is 9. The number of carbonyl (C=O) groups is 3. The molecule has 4 amide bonds. The third kappa shape index (κ3) is 7.42. The van der Waals surface area contributed by atoms with E-state index in [0.717, 1.165) is 115 Å². The van der Waals surface area contributed by atoms with E-state index in [0.29, 0.717) is 31.0 Å². The van der Waals surface area contributed by atoms with E-state index in [2.05, 4.69) is 51.9 Å². The van der Waals surface area contributed by atoms with E-state index in [1.807, 2.05) is 49.6 Å². The van der Waals surface area contributed by atoms with Gasteiger partial charge in [0.1, 0.15) is 22.7 Å². The molecule has 8 rings (SSSR count). The van der Waals surface area contributed by atoms with Crippen molar-refractivity contribution in [2.75, 3.05) is 72.9 Å². The molecule has 0 unspecified atom stereocenters. The van der Waals surface area contributed by atoms with Crippen LogP contribution in [-0.2, 0) is 16.0 Å². The first-order chi connectivity index (χ1) is 26.3. The molecule has 0 spiro atoms. The fourth-order valence-corrected chi connectivity index (χ4v) is 8.85. The van der Waals surface area contributed by atoms with E-state index in [9.17, 15) is 19.6 Å². The van der Waals surface area contributed by atoms with Gasteiger partial charge in [0.05, 0.1) is 17.7 Å². The predicted octanol–water partition coefficient (Wildman–Crippen LogP) is 4.01. The van der Waals surface area contributed by atoms with Gasteiger partial charge >= 0.3 is 6.03 Å². The molecule has 3 aliphatic heterocycles. The summed E-state index contributed by atoms with van der Waals surface area (Å²) in [5, 5.41) is 29.2. The molecule has 4 aromatic rings. The van der Waals surface area contributed by atoms with Crippen molar-refractivity contribution in [1.82, 2.24) is 35.7 Å². The molecule has 15 nitrogen and oxygen atoms in total. The van der Waals surface area contributed by atoms with Crippen LogP contribution in [0, 0.1) is 11.3 Å². The summed E-state index contributed by atoms with van der Waals surface area (Å²) >= 11 is 1.61. The van der Waals surface area contributed by atoms with Crippen molar-refractivity contribution >= 4 is 57.9 Å². The number of urea groups is 1. The second kappa shape index (κ2) is 15.4. The number of nitriles is 1. The first-order valence-corrected chi connectivity index (χ1v) is 19.3. The van der Waals surface area contributed by atoms with Gasteiger partial charge < -0.3 is 20.4 Å². The van der Waals surface area contributed by atoms with E-state index < -0.39 is 0 Å². The van der Waals surface area contributed by atoms with Gasteiger partial charge in [-0.15, -0.1) is 10.2 Å². The Kier molecular flexibility index (Phi) is 10.1. The van der Waals surface area contributed by atoms with Gasteiger partial charge in [-0.1, -0.05) is 11.3 Å². The highest BCUT2D eigenvalue weighted by Gasteiger charge is 2.29. The van der Waals surface area contributed by atoms with E-state index in [1.165, 1.54) is 0 Å². The molecular weight excluding hydrogens is 705 g/mol. The lowest BCUT2D eigenvalue weighted by atomic mass is 9.86. The number of hydrogen-bond acceptors (Lipinski definition) is 13. The van der Waals surface area contributed by atoms with Gasteiger partial charge in [0.25, 0.3) is 0 Å². The Hall–Kier alpha value is -5.66. The number of amides is 4. The maximum absolute atomic E-state index is 13.1. The summed E-state index contributed by atoms with van der Waals surface area (Å²) < 4.78 is 0. The number of aromatic nitrogens is 4. The average molecular weight is 747 g/mol. The summed E-state index contributed by atoms with van der Waals surface area (Å²) in [6.45, 7) is 4.72. The van der Waals surface area contributed by atoms with Crippen molar-refractivity contribution < 1.29 is 14.4 Å². The summed E-state index contributed by atoms with van der Waals surface area (Å²) in [5.74, 6) is 1.77. The van der Waals surface area contributed by atoms with Crippen LogP contribution in [0.25, 0.3) is 10.6 Å². The van der Waals surface area contributed by atoms with Gasteiger partial charge in [-0.25, -0.2) is 14.8 Å². The van der Waals surface area contributed by atoms with Gasteiger partial charge in [-0.3, -0.25) is 24.7 Å². The Balaban J connectivity index is 0.794. The molecule has 1 aromatic carbocycles. The third-order valence-corrected chi connectivity index (χ3v) is 11.9. The highest BCUT2D eigenvalue weighted by Crippen LogP contribution is 2.40. The molecule has 3 N–H and O–H groups in total. The maximum atomic E-state index is 13.1. The standard InChI is InChI=1S/C38H42N12O3S/c1-40-31-19-32(50-12-10-26-18-24(20-39)21-42-35(26)50)41-22-30(31)37-46-45-36(54-37)25-2-4-27(5-3-25)43-34(52)23-47-14-16-48(17-15-47)28-6-8-29(9-7-28)49-13-11-33(51)44-38(49)53/h6-9,18-19,21-22,25,27H,2-5,10-17,23H2,1H3,(H,40,41)(H,43,52)(H,44,51,53). The van der Waals surface area contributed by atoms with E-state index in [1.54, 1.807) is 22.4 Å². The minimum Gasteiger partial charge on any atom is -0.387 e. The Bertz CT molecular complexity index is 2080. The van der Waals surface area contributed by atoms with Gasteiger partial charge in [0.2, 0.25) is 11.8 Å². The fourth-order valence-electron chi connectivity index (χ4n) is 7.81. The molecule has 16 heteroatoms. The summed E-state index contributed by atoms with van der Waals surface area (Å²) in [6.07, 6.45) is 8.27. The summed E-state index contributed by atoms with van der Waals surface area (Å²) in [5.41, 5.74) is 5.28. The number of hydrogen-bond donors (Lipinski definition) is 3. The van der Waals surface area contributed by atoms with Crippen molar-refractivity contribution in [3.8, 4) is 16.6 Å². The molecule has 54 heavy (non-hydrogen) atoms. The molecule has 0 bridgehead atoms. The van der Waals surface area contributed by atoms with Crippen molar-refractivity contribution in [2.24, 2.45) is 0 Å². The second-order valence-corrected chi connectivity index (χ2v) is 15.2. The zero-order chi connectivity index (χ0) is 37.2. The number of piperazine rings is 1. The lowest BCUT2D eigenvalue weighted by molar-refractivity contribution is -0.123. The van der Waals surface area contributed by atoms with Crippen LogP contribution in [0.15, 0.2) is 48.8 Å². The summed E-state index contributed by atoms with van der Waals surface area (Å²) in [6, 6.07) is 13.7. The predicted molar refractivity (Wildman–Crippen MR) is 206 cm³/mol. The Morgan fingerprint density at radius 1 is 0.926 bits per heavy atom. The van der Waals surface area contributed by atoms with Gasteiger partial charge in [-0.2, -0.15) is 5.26 Å². The number of carbonyl (C=O) groups excluding carboxylic acids is 3. The van der Waals surface area contributed by atoms with Gasteiger partial charge in [-0.05, 0) is 68.0 Å². The number of nitrogens with one attached hydrogen (secondary N) is 3. The summed E-state index contributed by atoms with van der Waals surface area (Å²) in [4.78, 5) is 54.2. The zero-order valence-electron chi connectivity index (χ0n) is 30.1. The molecule has 278 valence electrons. The molecule has 0 atom stereocenters. The minimum absolute atomic E-state index is 0.0726. The molecule has 0 radical (unpaired) electrons. The fraction of sp³-hybridized carbons (Fsp3) is 0.421. The Morgan fingerprint density at radius 3 is 2.43 bits per heavy atom. The average Bonchev–Trinajstić information content (AvgIpc) is 3.86. The number of pyridine rings is 2. The monoisotopic (exact) mass is 746 g/mol. The third-order valence-electron chi connectivity index (χ3n) is 10.8. The van der Waals surface area contributed by atoms with Crippen LogP contribution in [0.4, 0.5) is 33.5 Å². The Morgan fingerprint density at radius 2 is 1.69 bits per heavy atom. The molecule has 3 aromatic heterocycles. The largest absolute Gasteiger partial charge is 0.387 e. The van der Waals surface area contributed by atoms with Crippen LogP contribution in [0.5, 0.6) is 0 Å². The topological polar surface area (TPSA) is 176 Å². The first kappa shape index (κ1) is 35.4. The number of fused-ring (bicyclic) bond motifs is 1. The minimum atomic E-state index is -0.383. The van der Waals surface area contributed by atoms with Gasteiger partial charge in [0, 0.05) is 100 Å². The van der Waals surface area contributed by atoms with Crippen molar-refractivity contribution in [2.45, 2.75) is 50.5 Å². The number of benzene rings is 1. The van der Waals surface area contributed by atoms with Crippen LogP contribution >= 0.6 is 11.3 Å². The smallest absolute Gasteiger partial charge is 0.328 e. The van der Waals surface area contributed by atoms with Crippen LogP contribution in [0.1, 0.15) is 54.2 Å². The maximum Gasteiger partial charge on any atom is 0.328 e. The number of anilines is 5. The molecule has 4 aliphatic rings. The SMILES string of the molecule is CNc1cc(N2CCc3cc(C#N)cnc32)ncc1-c1nnc(C2CCC(NC(=O)CN3CCN(c4ccc(N5CCC(=O)NC5=O)cc4)CC3)CC2)s1. The molecule has 1 saturated carbocycles. The van der Waals surface area contributed by atoms with Gasteiger partial charge in [0.15, 0.2) is 5.01 Å². The Labute approximate surface area is 317 Å². The molecule has 2 saturated heterocycles. The van der Waals surface area contributed by atoms with E-state index in [-0.39, 0.29) is 23.9 Å². The zero-order valence-corrected chi connectivity index (χ0v) is 30.9. The molecule has 6 heterocycles. The van der Waals surface area contributed by atoms with E-state index in [4.69, 9.17) is 4.98 Å². The van der Waals surface area contributed by atoms with Crippen molar-refractivity contribution in [3.05, 3.63) is 64.9 Å². The molecule has 3 fully saturated rings. The highest BCUT2D eigenvalue weighted by atomic mass is 32.1. The molecular formula is C38H42N12O3S. The lowest BCUT2D eigenvalue weighted by Crippen LogP contribution is -2.51. The summed E-state index contributed by atoms with van der Waals surface area (Å²) in [7, 11) is 1.89. The number of rotatable bonds is 9. The van der Waals surface area contributed by atoms with Crippen LogP contribution in [0.2, 0.25) is 0 Å². The highest BCUT2D eigenvalue weighted by molar-refractivity contribution is 7.14. The normalized spacial score (nSPS) is 20.3. The second-order valence-electron chi connectivity index (χ2n) is 14.2. The van der Waals surface area contributed by atoms with Crippen LogP contribution in [-0.4, -0.2) is 102 Å². The van der Waals surface area contributed by atoms with Crippen molar-refractivity contribution in [3.63, 3.8) is 0 Å². The van der Waals surface area contributed by atoms with Crippen molar-refractivity contribution in [1.29, 1.82) is 5.26 Å². The first-order valence-electron chi connectivity index (χ1n) is 18.5. The van der Waals surface area contributed by atoms with Crippen LogP contribution < -0.4 is 30.7 Å². The van der Waals surface area contributed by atoms with Crippen LogP contribution in [0.3, 0.4) is 0 Å². The number of imide groups is 1. The molecule has 1 aliphatic carbocycles. The lowest BCUT2D eigenvalue weighted by Gasteiger charge is -2.36. The quantitative estimate of drug-likeness (QED) is 0.225.